The zero-order chi connectivity index (χ0) is 35.5. The molecular formula is C47H28N6. The van der Waals surface area contributed by atoms with Crippen LogP contribution in [0.25, 0.3) is 90.4 Å². The summed E-state index contributed by atoms with van der Waals surface area (Å²) in [6.45, 7) is 0. The van der Waals surface area contributed by atoms with Crippen molar-refractivity contribution in [2.75, 3.05) is 0 Å². The highest BCUT2D eigenvalue weighted by Crippen LogP contribution is 2.53. The minimum Gasteiger partial charge on any atom is -0.354 e. The molecule has 0 atom stereocenters. The van der Waals surface area contributed by atoms with E-state index in [2.05, 4.69) is 94.9 Å². The third-order valence-electron chi connectivity index (χ3n) is 10.4. The first-order valence-corrected chi connectivity index (χ1v) is 17.5. The number of aromatic nitrogens is 4. The minimum absolute atomic E-state index is 0.567. The number of rotatable bonds is 3. The van der Waals surface area contributed by atoms with Gasteiger partial charge in [-0.05, 0) is 70.3 Å². The second-order valence-corrected chi connectivity index (χ2v) is 13.3. The van der Waals surface area contributed by atoms with Crippen LogP contribution in [-0.4, -0.2) is 19.9 Å². The molecule has 2 N–H and O–H groups in total. The summed E-state index contributed by atoms with van der Waals surface area (Å²) < 4.78 is 0. The highest BCUT2D eigenvalue weighted by molar-refractivity contribution is 6.08. The van der Waals surface area contributed by atoms with Gasteiger partial charge >= 0.3 is 0 Å². The fourth-order valence-electron chi connectivity index (χ4n) is 8.01. The van der Waals surface area contributed by atoms with E-state index in [1.165, 1.54) is 0 Å². The molecule has 0 fully saturated rings. The van der Waals surface area contributed by atoms with E-state index in [4.69, 9.17) is 9.97 Å². The van der Waals surface area contributed by atoms with Crippen LogP contribution in [0.1, 0.15) is 28.3 Å². The quantitative estimate of drug-likeness (QED) is 0.194. The van der Waals surface area contributed by atoms with E-state index >= 15 is 0 Å². The summed E-state index contributed by atoms with van der Waals surface area (Å²) in [6, 6.07) is 51.6. The van der Waals surface area contributed by atoms with Crippen LogP contribution >= 0.6 is 0 Å². The van der Waals surface area contributed by atoms with Crippen molar-refractivity contribution in [3.63, 3.8) is 0 Å². The number of benzene rings is 4. The number of nitrogens with zero attached hydrogens (tertiary/aromatic N) is 4. The lowest BCUT2D eigenvalue weighted by atomic mass is 9.68. The van der Waals surface area contributed by atoms with Gasteiger partial charge < -0.3 is 9.97 Å². The number of nitriles is 2. The summed E-state index contributed by atoms with van der Waals surface area (Å²) in [5, 5.41) is 21.8. The number of hydrogen-bond acceptors (Lipinski definition) is 4. The molecule has 7 aromatic rings. The van der Waals surface area contributed by atoms with Crippen LogP contribution in [0.4, 0.5) is 0 Å². The van der Waals surface area contributed by atoms with Gasteiger partial charge in [0.05, 0.1) is 34.9 Å². The van der Waals surface area contributed by atoms with Gasteiger partial charge in [-0.2, -0.15) is 10.5 Å². The topological polar surface area (TPSA) is 105 Å². The normalized spacial score (nSPS) is 13.4. The smallest absolute Gasteiger partial charge is 0.196 e. The molecule has 1 aliphatic carbocycles. The maximum Gasteiger partial charge on any atom is 0.196 e. The van der Waals surface area contributed by atoms with Crippen molar-refractivity contribution in [2.24, 2.45) is 0 Å². The maximum absolute atomic E-state index is 10.9. The monoisotopic (exact) mass is 676 g/mol. The third-order valence-corrected chi connectivity index (χ3v) is 10.4. The van der Waals surface area contributed by atoms with Gasteiger partial charge in [-0.1, -0.05) is 115 Å². The number of nitrogens with one attached hydrogen (secondary N) is 2. The molecule has 2 aliphatic heterocycles. The molecule has 5 heterocycles. The fraction of sp³-hybridized carbons (Fsp3) is 0.0213. The van der Waals surface area contributed by atoms with Crippen molar-refractivity contribution >= 4 is 45.9 Å². The Kier molecular flexibility index (Phi) is 6.73. The Morgan fingerprint density at radius 2 is 0.887 bits per heavy atom. The fourth-order valence-corrected chi connectivity index (χ4v) is 8.01. The average molecular weight is 677 g/mol. The highest BCUT2D eigenvalue weighted by atomic mass is 14.8. The van der Waals surface area contributed by atoms with E-state index in [1.54, 1.807) is 0 Å². The van der Waals surface area contributed by atoms with Crippen molar-refractivity contribution in [2.45, 2.75) is 5.41 Å². The van der Waals surface area contributed by atoms with Gasteiger partial charge in [0.15, 0.2) is 5.41 Å². The van der Waals surface area contributed by atoms with Gasteiger partial charge in [0.1, 0.15) is 0 Å². The summed E-state index contributed by atoms with van der Waals surface area (Å²) in [4.78, 5) is 18.2. The lowest BCUT2D eigenvalue weighted by Crippen LogP contribution is -2.27. The molecule has 6 nitrogen and oxygen atoms in total. The van der Waals surface area contributed by atoms with Crippen LogP contribution in [0.15, 0.2) is 140 Å². The molecule has 0 unspecified atom stereocenters. The SMILES string of the molecule is N#CC1(C#N)C2=Cc3nc2c(c2ccc([nH]2)c(-c2ccccc2)c2nc(c(-c4ccccc4)c4ccc([nH]4)c3-c3ccccc3)C=C2)-c2ccccc21. The van der Waals surface area contributed by atoms with E-state index in [-0.39, 0.29) is 0 Å². The summed E-state index contributed by atoms with van der Waals surface area (Å²) in [5.41, 5.74) is 13.5. The molecule has 0 radical (unpaired) electrons. The number of fused-ring (bicyclic) bond motifs is 10. The third kappa shape index (κ3) is 4.57. The predicted molar refractivity (Wildman–Crippen MR) is 212 cm³/mol. The minimum atomic E-state index is -1.56. The maximum atomic E-state index is 10.9. The van der Waals surface area contributed by atoms with Crippen molar-refractivity contribution < 1.29 is 0 Å². The van der Waals surface area contributed by atoms with E-state index in [0.29, 0.717) is 22.5 Å². The van der Waals surface area contributed by atoms with Gasteiger partial charge in [-0.25, -0.2) is 9.97 Å². The molecule has 246 valence electrons. The average Bonchev–Trinajstić information content (AvgIpc) is 4.05. The van der Waals surface area contributed by atoms with Gasteiger partial charge in [0.25, 0.3) is 0 Å². The Morgan fingerprint density at radius 1 is 0.453 bits per heavy atom. The van der Waals surface area contributed by atoms with Crippen molar-refractivity contribution in [3.8, 4) is 56.6 Å². The number of allylic oxidation sites excluding steroid dienone is 1. The Hall–Kier alpha value is -7.54. The van der Waals surface area contributed by atoms with Crippen LogP contribution in [-0.2, 0) is 5.41 Å². The lowest BCUT2D eigenvalue weighted by molar-refractivity contribution is 0.905. The van der Waals surface area contributed by atoms with Gasteiger partial charge in [0.2, 0.25) is 0 Å². The van der Waals surface area contributed by atoms with Crippen LogP contribution in [0, 0.1) is 22.7 Å². The van der Waals surface area contributed by atoms with Crippen LogP contribution in [0.5, 0.6) is 0 Å². The number of hydrogen-bond donors (Lipinski definition) is 2. The lowest BCUT2D eigenvalue weighted by Gasteiger charge is -2.29. The Morgan fingerprint density at radius 3 is 1.38 bits per heavy atom. The van der Waals surface area contributed by atoms with Gasteiger partial charge in [-0.15, -0.1) is 0 Å². The first kappa shape index (κ1) is 30.3. The van der Waals surface area contributed by atoms with Crippen molar-refractivity contribution in [1.29, 1.82) is 10.5 Å². The number of aromatic amines is 2. The van der Waals surface area contributed by atoms with E-state index in [1.807, 2.05) is 84.9 Å². The first-order chi connectivity index (χ1) is 26.2. The molecule has 0 saturated heterocycles. The van der Waals surface area contributed by atoms with Crippen molar-refractivity contribution in [3.05, 3.63) is 168 Å². The molecule has 0 saturated carbocycles. The molecule has 0 amide bonds. The number of H-pyrrole nitrogens is 2. The molecule has 0 spiro atoms. The van der Waals surface area contributed by atoms with Crippen LogP contribution < -0.4 is 0 Å². The summed E-state index contributed by atoms with van der Waals surface area (Å²) in [5.74, 6) is 0. The van der Waals surface area contributed by atoms with Crippen molar-refractivity contribution in [1.82, 2.24) is 19.9 Å². The highest BCUT2D eigenvalue weighted by Gasteiger charge is 2.46. The molecular weight excluding hydrogens is 649 g/mol. The molecule has 4 aromatic carbocycles. The summed E-state index contributed by atoms with van der Waals surface area (Å²) in [6.07, 6.45) is 6.12. The summed E-state index contributed by atoms with van der Waals surface area (Å²) >= 11 is 0. The standard InChI is InChI=1S/C47H28N6/c48-27-47(28-49)33-19-11-10-18-32(33)45-40-25-24-38(52-40)43(30-14-6-2-7-15-30)36-21-20-35(50-36)42(29-12-4-1-5-13-29)37-22-23-39(51-37)44(31-16-8-3-9-17-31)41-26-34(47)46(45)53-41/h1-26,51-52H. The molecule has 10 rings (SSSR count). The van der Waals surface area contributed by atoms with Gasteiger partial charge in [-0.3, -0.25) is 0 Å². The molecule has 8 bridgehead atoms. The Bertz CT molecular complexity index is 2940. The molecule has 3 aromatic heterocycles. The Balaban J connectivity index is 1.45. The van der Waals surface area contributed by atoms with Crippen LogP contribution in [0.2, 0.25) is 0 Å². The van der Waals surface area contributed by atoms with Gasteiger partial charge in [0, 0.05) is 49.9 Å². The van der Waals surface area contributed by atoms with E-state index < -0.39 is 5.41 Å². The first-order valence-electron chi connectivity index (χ1n) is 17.5. The second kappa shape index (κ2) is 11.8. The predicted octanol–water partition coefficient (Wildman–Crippen LogP) is 11.0. The zero-order valence-electron chi connectivity index (χ0n) is 28.3. The largest absolute Gasteiger partial charge is 0.354 e. The Labute approximate surface area is 305 Å². The molecule has 53 heavy (non-hydrogen) atoms. The summed E-state index contributed by atoms with van der Waals surface area (Å²) in [7, 11) is 0. The van der Waals surface area contributed by atoms with E-state index in [0.717, 1.165) is 78.0 Å². The molecule has 6 heteroatoms. The molecule has 3 aliphatic rings. The van der Waals surface area contributed by atoms with E-state index in [9.17, 15) is 10.5 Å². The second-order valence-electron chi connectivity index (χ2n) is 13.3. The van der Waals surface area contributed by atoms with Crippen LogP contribution in [0.3, 0.4) is 0 Å². The zero-order valence-corrected chi connectivity index (χ0v) is 28.3.